The number of benzene rings is 4. The number of amidine groups is 2. The Bertz CT molecular complexity index is 4110. The Labute approximate surface area is 554 Å². The van der Waals surface area contributed by atoms with Crippen LogP contribution in [0.5, 0.6) is 0 Å². The van der Waals surface area contributed by atoms with Gasteiger partial charge in [-0.15, -0.1) is 12.8 Å². The zero-order valence-electron chi connectivity index (χ0n) is 55.7. The molecule has 0 fully saturated rings. The molecule has 0 saturated heterocycles. The van der Waals surface area contributed by atoms with E-state index in [1.165, 1.54) is 0 Å². The highest BCUT2D eigenvalue weighted by molar-refractivity contribution is 6.77. The predicted molar refractivity (Wildman–Crippen MR) is 394 cm³/mol. The number of nitrogens with one attached hydrogen (secondary N) is 4. The molecule has 4 amide bonds. The van der Waals surface area contributed by atoms with E-state index in [0.717, 1.165) is 90.8 Å². The maximum atomic E-state index is 13.4. The minimum absolute atomic E-state index is 0.0130. The number of ether oxygens (including phenoxy) is 4. The van der Waals surface area contributed by atoms with Gasteiger partial charge in [-0.3, -0.25) is 10.6 Å². The summed E-state index contributed by atoms with van der Waals surface area (Å²) in [6, 6.07) is 41.4. The number of hydrogen-bond donors (Lipinski definition) is 4. The largest absolute Gasteiger partial charge is 0.450 e. The van der Waals surface area contributed by atoms with Gasteiger partial charge in [0.15, 0.2) is 0 Å². The number of H-pyrrole nitrogens is 2. The topological polar surface area (TPSA) is 211 Å². The predicted octanol–water partition coefficient (Wildman–Crippen LogP) is 17.9. The maximum absolute atomic E-state index is 13.4. The summed E-state index contributed by atoms with van der Waals surface area (Å²) in [5.74, 6) is 5.47. The first-order chi connectivity index (χ1) is 44.6. The zero-order chi connectivity index (χ0) is 67.5. The van der Waals surface area contributed by atoms with Crippen LogP contribution in [0.4, 0.5) is 19.2 Å². The minimum Gasteiger partial charge on any atom is -0.450 e. The number of fused-ring (bicyclic) bond motifs is 8. The van der Waals surface area contributed by atoms with Gasteiger partial charge >= 0.3 is 24.4 Å². The van der Waals surface area contributed by atoms with E-state index in [0.29, 0.717) is 45.0 Å². The Morgan fingerprint density at radius 3 is 0.904 bits per heavy atom. The van der Waals surface area contributed by atoms with E-state index >= 15 is 0 Å². The van der Waals surface area contributed by atoms with Crippen molar-refractivity contribution in [3.63, 3.8) is 0 Å². The molecule has 8 bridgehead atoms. The van der Waals surface area contributed by atoms with Crippen molar-refractivity contribution in [3.8, 4) is 69.2 Å². The van der Waals surface area contributed by atoms with E-state index < -0.39 is 56.7 Å². The van der Waals surface area contributed by atoms with Crippen LogP contribution in [0.1, 0.15) is 45.0 Å². The van der Waals surface area contributed by atoms with Crippen molar-refractivity contribution in [2.24, 2.45) is 9.98 Å². The Morgan fingerprint density at radius 1 is 0.394 bits per heavy atom. The summed E-state index contributed by atoms with van der Waals surface area (Å²) in [7, 11) is -6.15. The van der Waals surface area contributed by atoms with E-state index in [2.05, 4.69) is 121 Å². The van der Waals surface area contributed by atoms with Crippen LogP contribution in [-0.4, -0.2) is 115 Å². The van der Waals surface area contributed by atoms with Gasteiger partial charge in [-0.05, 0) is 119 Å². The smallest absolute Gasteiger partial charge is 0.435 e. The maximum Gasteiger partial charge on any atom is 0.435 e. The Hall–Kier alpha value is -9.71. The first-order valence-corrected chi connectivity index (χ1v) is 46.3. The van der Waals surface area contributed by atoms with Crippen LogP contribution in [0.25, 0.3) is 90.9 Å². The average Bonchev–Trinajstić information content (AvgIpc) is 1.61. The van der Waals surface area contributed by atoms with E-state index in [1.54, 1.807) is 24.3 Å². The zero-order valence-corrected chi connectivity index (χ0v) is 59.7. The fourth-order valence-electron chi connectivity index (χ4n) is 10.1. The SMILES string of the molecule is C#Cc1ccc(-c2c3nc(c(-c4ccc(/C(=N/C(=O)OCC[Si](C)(C)C)NC(=O)OCC[Si](C)(C)C)cc4)c4ccc([nH]4)c(-c4ccc(C#C)cc4)c4nc(c(-c5ccc(/C(=N/C(=O)OCC[Si](C)(C)C)NC(=O)OCC[Si](C)(C)C)cc5)c5ccc2[nH]5)C=C4)C=C3)cc1. The summed E-state index contributed by atoms with van der Waals surface area (Å²) in [4.78, 5) is 80.6. The van der Waals surface area contributed by atoms with Gasteiger partial charge in [0.1, 0.15) is 11.7 Å². The van der Waals surface area contributed by atoms with Crippen LogP contribution in [-0.2, 0) is 18.9 Å². The fourth-order valence-corrected chi connectivity index (χ4v) is 13.0. The monoisotopic (exact) mass is 1320 g/mol. The highest BCUT2D eigenvalue weighted by atomic mass is 28.3. The number of aliphatic imine (C=N–C) groups is 2. The molecule has 0 radical (unpaired) electrons. The molecule has 0 saturated carbocycles. The van der Waals surface area contributed by atoms with Crippen molar-refractivity contribution in [3.05, 3.63) is 166 Å². The highest BCUT2D eigenvalue weighted by Crippen LogP contribution is 2.39. The van der Waals surface area contributed by atoms with Crippen molar-refractivity contribution in [1.82, 2.24) is 30.6 Å². The minimum atomic E-state index is -1.54. The summed E-state index contributed by atoms with van der Waals surface area (Å²) < 4.78 is 22.4. The Morgan fingerprint density at radius 2 is 0.649 bits per heavy atom. The van der Waals surface area contributed by atoms with E-state index in [9.17, 15) is 19.2 Å². The Kier molecular flexibility index (Phi) is 21.5. The number of nitrogens with zero attached hydrogens (tertiary/aromatic N) is 4. The molecule has 0 unspecified atom stereocenters. The summed E-state index contributed by atoms with van der Waals surface area (Å²) >= 11 is 0. The number of rotatable bonds is 18. The van der Waals surface area contributed by atoms with Crippen LogP contribution in [0, 0.1) is 24.7 Å². The molecule has 0 spiro atoms. The number of terminal acetylenes is 2. The molecule has 0 aliphatic carbocycles. The third-order valence-corrected chi connectivity index (χ3v) is 22.3. The quantitative estimate of drug-likeness (QED) is 0.0210. The van der Waals surface area contributed by atoms with Crippen LogP contribution in [0.15, 0.2) is 131 Å². The van der Waals surface area contributed by atoms with Crippen molar-refractivity contribution in [2.75, 3.05) is 26.4 Å². The molecule has 9 rings (SSSR count). The number of hydrogen-bond acceptors (Lipinski definition) is 10. The standard InChI is InChI=1S/C74H82N8O8Si4/c1-15-49-17-21-51(22-18-49)65-57-33-37-61(75-57)67(53-25-29-55(30-26-53)69(79-71(83)87-41-45-91(3,4)5)80-72(84)88-42-46-92(6,7)8)63-39-35-59(77-63)66(52-23-19-50(16-2)20-24-52)60-36-40-64(78-60)68(62-38-34-58(65)76-62)54-27-31-56(32-28-54)70(81-73(85)89-43-47-93(9,10)11)82-74(86)90-44-48-94(12,13)14/h1-2,17-40,75,78H,41-48H2,3-14H3,(H,79,80,83,84)(H,81,82,85,86). The lowest BCUT2D eigenvalue weighted by molar-refractivity contribution is 0.155. The Balaban J connectivity index is 1.24. The molecule has 7 aromatic rings. The summed E-state index contributed by atoms with van der Waals surface area (Å²) in [6.07, 6.45) is 16.7. The molecule has 3 aromatic heterocycles. The van der Waals surface area contributed by atoms with Gasteiger partial charge in [-0.2, -0.15) is 9.98 Å². The molecular weight excluding hydrogens is 1240 g/mol. The summed E-state index contributed by atoms with van der Waals surface area (Å²) in [5.41, 5.74) is 14.1. The molecule has 482 valence electrons. The van der Waals surface area contributed by atoms with Crippen LogP contribution >= 0.6 is 0 Å². The van der Waals surface area contributed by atoms with Gasteiger partial charge in [0.25, 0.3) is 0 Å². The lowest BCUT2D eigenvalue weighted by Crippen LogP contribution is -2.34. The van der Waals surface area contributed by atoms with Gasteiger partial charge in [0.2, 0.25) is 0 Å². The highest BCUT2D eigenvalue weighted by Gasteiger charge is 2.24. The second-order valence-electron chi connectivity index (χ2n) is 28.0. The first-order valence-electron chi connectivity index (χ1n) is 31.5. The van der Waals surface area contributed by atoms with Gasteiger partial charge in [0, 0.05) is 98.9 Å². The molecule has 16 nitrogen and oxygen atoms in total. The van der Waals surface area contributed by atoms with Crippen molar-refractivity contribution < 1.29 is 38.1 Å². The molecule has 20 heteroatoms. The lowest BCUT2D eigenvalue weighted by atomic mass is 10.0. The number of carbonyl (C=O) groups is 4. The third kappa shape index (κ3) is 18.8. The third-order valence-electron chi connectivity index (χ3n) is 15.5. The second kappa shape index (κ2) is 29.5. The molecule has 0 atom stereocenters. The second-order valence-corrected chi connectivity index (χ2v) is 50.5. The van der Waals surface area contributed by atoms with E-state index in [1.807, 2.05) is 121 Å². The molecule has 2 aliphatic heterocycles. The van der Waals surface area contributed by atoms with E-state index in [-0.39, 0.29) is 38.1 Å². The van der Waals surface area contributed by atoms with Gasteiger partial charge < -0.3 is 28.9 Å². The average molecular weight is 1320 g/mol. The normalized spacial score (nSPS) is 12.6. The first kappa shape index (κ1) is 68.6. The summed E-state index contributed by atoms with van der Waals surface area (Å²) in [6.45, 7) is 27.2. The van der Waals surface area contributed by atoms with Crippen molar-refractivity contribution in [2.45, 2.75) is 103 Å². The molecular formula is C74H82N8O8Si4. The van der Waals surface area contributed by atoms with Crippen LogP contribution in [0.3, 0.4) is 0 Å². The fraction of sp³-hybridized carbons (Fsp3) is 0.270. The number of carbonyl (C=O) groups excluding carboxylic acids is 4. The van der Waals surface area contributed by atoms with Gasteiger partial charge in [0.05, 0.1) is 49.2 Å². The number of aromatic amines is 2. The number of amides is 4. The number of aromatic nitrogens is 4. The molecule has 5 heterocycles. The van der Waals surface area contributed by atoms with Crippen molar-refractivity contribution in [1.29, 1.82) is 0 Å². The summed E-state index contributed by atoms with van der Waals surface area (Å²) in [5, 5.41) is 5.48. The van der Waals surface area contributed by atoms with Gasteiger partial charge in [-0.1, -0.05) is 163 Å². The number of alkyl carbamates (subject to hydrolysis) is 2. The lowest BCUT2D eigenvalue weighted by Gasteiger charge is -2.16. The molecule has 4 aromatic carbocycles. The van der Waals surface area contributed by atoms with Crippen LogP contribution in [0.2, 0.25) is 103 Å². The molecule has 2 aliphatic rings. The van der Waals surface area contributed by atoms with E-state index in [4.69, 9.17) is 41.8 Å². The van der Waals surface area contributed by atoms with Crippen molar-refractivity contribution >= 4 is 115 Å². The molecule has 4 N–H and O–H groups in total. The van der Waals surface area contributed by atoms with Gasteiger partial charge in [-0.25, -0.2) is 29.1 Å². The van der Waals surface area contributed by atoms with Crippen LogP contribution < -0.4 is 10.6 Å². The molecule has 94 heavy (non-hydrogen) atoms.